The number of benzene rings is 1. The second kappa shape index (κ2) is 6.70. The number of rotatable bonds is 7. The second-order valence-corrected chi connectivity index (χ2v) is 7.42. The second-order valence-electron chi connectivity index (χ2n) is 5.44. The van der Waals surface area contributed by atoms with Crippen LogP contribution in [0.25, 0.3) is 0 Å². The quantitative estimate of drug-likeness (QED) is 0.774. The summed E-state index contributed by atoms with van der Waals surface area (Å²) < 4.78 is 24.5. The maximum atomic E-state index is 11.5. The molecule has 5 heteroatoms. The Bertz CT molecular complexity index is 518. The van der Waals surface area contributed by atoms with Crippen molar-refractivity contribution >= 4 is 10.0 Å². The van der Waals surface area contributed by atoms with Gasteiger partial charge in [-0.1, -0.05) is 31.2 Å². The molecule has 1 aliphatic rings. The standard InChI is InChI=1S/C15H24N2O2S/c1-3-17(20(2,18)19)10-6-9-16-15-11-13-7-4-5-8-14(13)12-15/h4-5,7-8,15-16H,3,6,9-12H2,1-2H3. The predicted octanol–water partition coefficient (Wildman–Crippen LogP) is 1.41. The average Bonchev–Trinajstić information content (AvgIpc) is 2.79. The molecule has 0 aromatic heterocycles. The summed E-state index contributed by atoms with van der Waals surface area (Å²) in [5.74, 6) is 0. The molecule has 1 N–H and O–H groups in total. The molecule has 1 aromatic rings. The first kappa shape index (κ1) is 15.5. The van der Waals surface area contributed by atoms with E-state index in [0.29, 0.717) is 19.1 Å². The van der Waals surface area contributed by atoms with E-state index in [4.69, 9.17) is 0 Å². The van der Waals surface area contributed by atoms with Gasteiger partial charge in [0.2, 0.25) is 10.0 Å². The summed E-state index contributed by atoms with van der Waals surface area (Å²) in [6, 6.07) is 9.07. The third-order valence-electron chi connectivity index (χ3n) is 3.89. The highest BCUT2D eigenvalue weighted by Crippen LogP contribution is 2.21. The fourth-order valence-corrected chi connectivity index (χ4v) is 3.75. The number of nitrogens with one attached hydrogen (secondary N) is 1. The Morgan fingerprint density at radius 2 is 1.85 bits per heavy atom. The lowest BCUT2D eigenvalue weighted by Gasteiger charge is -2.18. The monoisotopic (exact) mass is 296 g/mol. The minimum Gasteiger partial charge on any atom is -0.313 e. The van der Waals surface area contributed by atoms with E-state index in [-0.39, 0.29) is 0 Å². The van der Waals surface area contributed by atoms with E-state index in [9.17, 15) is 8.42 Å². The fraction of sp³-hybridized carbons (Fsp3) is 0.600. The SMILES string of the molecule is CCN(CCCNC1Cc2ccccc2C1)S(C)(=O)=O. The minimum atomic E-state index is -3.05. The Balaban J connectivity index is 1.71. The molecule has 0 spiro atoms. The number of sulfonamides is 1. The summed E-state index contributed by atoms with van der Waals surface area (Å²) >= 11 is 0. The first-order valence-corrected chi connectivity index (χ1v) is 9.11. The van der Waals surface area contributed by atoms with Gasteiger partial charge in [0.05, 0.1) is 6.26 Å². The molecule has 0 aliphatic heterocycles. The molecular weight excluding hydrogens is 272 g/mol. The Kier molecular flexibility index (Phi) is 5.18. The zero-order chi connectivity index (χ0) is 14.6. The molecule has 2 rings (SSSR count). The Morgan fingerprint density at radius 3 is 2.35 bits per heavy atom. The number of hydrogen-bond donors (Lipinski definition) is 1. The van der Waals surface area contributed by atoms with Crippen molar-refractivity contribution in [2.24, 2.45) is 0 Å². The lowest BCUT2D eigenvalue weighted by Crippen LogP contribution is -2.35. The summed E-state index contributed by atoms with van der Waals surface area (Å²) in [5.41, 5.74) is 2.88. The van der Waals surface area contributed by atoms with Crippen LogP contribution in [0.5, 0.6) is 0 Å². The van der Waals surface area contributed by atoms with Crippen LogP contribution in [-0.4, -0.2) is 44.7 Å². The lowest BCUT2D eigenvalue weighted by molar-refractivity contribution is 0.411. The van der Waals surface area contributed by atoms with Gasteiger partial charge >= 0.3 is 0 Å². The largest absolute Gasteiger partial charge is 0.313 e. The molecular formula is C15H24N2O2S. The van der Waals surface area contributed by atoms with Crippen LogP contribution in [0.3, 0.4) is 0 Å². The van der Waals surface area contributed by atoms with Crippen LogP contribution < -0.4 is 5.32 Å². The van der Waals surface area contributed by atoms with E-state index in [1.807, 2.05) is 6.92 Å². The van der Waals surface area contributed by atoms with Crippen LogP contribution >= 0.6 is 0 Å². The molecule has 20 heavy (non-hydrogen) atoms. The summed E-state index contributed by atoms with van der Waals surface area (Å²) in [5, 5.41) is 3.54. The number of hydrogen-bond acceptors (Lipinski definition) is 3. The van der Waals surface area contributed by atoms with Crippen molar-refractivity contribution in [3.63, 3.8) is 0 Å². The van der Waals surface area contributed by atoms with Crippen LogP contribution in [0.15, 0.2) is 24.3 Å². The van der Waals surface area contributed by atoms with Crippen molar-refractivity contribution in [2.45, 2.75) is 32.2 Å². The molecule has 0 fully saturated rings. The summed E-state index contributed by atoms with van der Waals surface area (Å²) in [7, 11) is -3.05. The molecule has 0 bridgehead atoms. The first-order valence-electron chi connectivity index (χ1n) is 7.26. The van der Waals surface area contributed by atoms with E-state index in [0.717, 1.165) is 25.8 Å². The molecule has 0 heterocycles. The normalized spacial score (nSPS) is 15.8. The molecule has 0 saturated carbocycles. The van der Waals surface area contributed by atoms with Gasteiger partial charge in [-0.05, 0) is 36.9 Å². The van der Waals surface area contributed by atoms with Gasteiger partial charge in [0.15, 0.2) is 0 Å². The smallest absolute Gasteiger partial charge is 0.211 e. The van der Waals surface area contributed by atoms with Crippen molar-refractivity contribution < 1.29 is 8.42 Å². The fourth-order valence-electron chi connectivity index (χ4n) is 2.82. The Hall–Kier alpha value is -0.910. The average molecular weight is 296 g/mol. The van der Waals surface area contributed by atoms with E-state index in [1.54, 1.807) is 0 Å². The van der Waals surface area contributed by atoms with Crippen molar-refractivity contribution in [3.8, 4) is 0 Å². The zero-order valence-electron chi connectivity index (χ0n) is 12.3. The first-order chi connectivity index (χ1) is 9.50. The van der Waals surface area contributed by atoms with Gasteiger partial charge in [0.1, 0.15) is 0 Å². The van der Waals surface area contributed by atoms with Crippen LogP contribution in [-0.2, 0) is 22.9 Å². The van der Waals surface area contributed by atoms with Crippen LogP contribution in [0.4, 0.5) is 0 Å². The van der Waals surface area contributed by atoms with Gasteiger partial charge in [0, 0.05) is 19.1 Å². The van der Waals surface area contributed by atoms with E-state index >= 15 is 0 Å². The molecule has 4 nitrogen and oxygen atoms in total. The van der Waals surface area contributed by atoms with Crippen LogP contribution in [0.2, 0.25) is 0 Å². The van der Waals surface area contributed by atoms with Crippen molar-refractivity contribution in [3.05, 3.63) is 35.4 Å². The van der Waals surface area contributed by atoms with Gasteiger partial charge in [-0.2, -0.15) is 0 Å². The maximum absolute atomic E-state index is 11.5. The van der Waals surface area contributed by atoms with Crippen molar-refractivity contribution in [1.29, 1.82) is 0 Å². The molecule has 0 saturated heterocycles. The molecule has 1 aromatic carbocycles. The van der Waals surface area contributed by atoms with Gasteiger partial charge in [-0.25, -0.2) is 12.7 Å². The maximum Gasteiger partial charge on any atom is 0.211 e. The van der Waals surface area contributed by atoms with Gasteiger partial charge < -0.3 is 5.32 Å². The predicted molar refractivity (Wildman–Crippen MR) is 82.3 cm³/mol. The van der Waals surface area contributed by atoms with Gasteiger partial charge in [0.25, 0.3) is 0 Å². The summed E-state index contributed by atoms with van der Waals surface area (Å²) in [4.78, 5) is 0. The van der Waals surface area contributed by atoms with Crippen LogP contribution in [0.1, 0.15) is 24.5 Å². The molecule has 112 valence electrons. The molecule has 0 radical (unpaired) electrons. The topological polar surface area (TPSA) is 49.4 Å². The highest BCUT2D eigenvalue weighted by Gasteiger charge is 2.20. The molecule has 0 amide bonds. The highest BCUT2D eigenvalue weighted by molar-refractivity contribution is 7.88. The molecule has 0 atom stereocenters. The third-order valence-corrected chi connectivity index (χ3v) is 5.27. The lowest BCUT2D eigenvalue weighted by atomic mass is 10.1. The molecule has 1 aliphatic carbocycles. The van der Waals surface area contributed by atoms with Gasteiger partial charge in [-0.3, -0.25) is 0 Å². The number of nitrogens with zero attached hydrogens (tertiary/aromatic N) is 1. The summed E-state index contributed by atoms with van der Waals surface area (Å²) in [6.45, 7) is 3.89. The van der Waals surface area contributed by atoms with Gasteiger partial charge in [-0.15, -0.1) is 0 Å². The van der Waals surface area contributed by atoms with E-state index < -0.39 is 10.0 Å². The Labute approximate surface area is 122 Å². The third kappa shape index (κ3) is 4.04. The van der Waals surface area contributed by atoms with Crippen molar-refractivity contribution in [2.75, 3.05) is 25.9 Å². The van der Waals surface area contributed by atoms with E-state index in [2.05, 4.69) is 29.6 Å². The Morgan fingerprint density at radius 1 is 1.25 bits per heavy atom. The minimum absolute atomic E-state index is 0.501. The molecule has 0 unspecified atom stereocenters. The van der Waals surface area contributed by atoms with Crippen LogP contribution in [0, 0.1) is 0 Å². The highest BCUT2D eigenvalue weighted by atomic mass is 32.2. The summed E-state index contributed by atoms with van der Waals surface area (Å²) in [6.07, 6.45) is 4.30. The van der Waals surface area contributed by atoms with Crippen molar-refractivity contribution in [1.82, 2.24) is 9.62 Å². The number of fused-ring (bicyclic) bond motifs is 1. The van der Waals surface area contributed by atoms with E-state index in [1.165, 1.54) is 21.7 Å². The zero-order valence-corrected chi connectivity index (χ0v) is 13.1.